The highest BCUT2D eigenvalue weighted by molar-refractivity contribution is 5.94. The van der Waals surface area contributed by atoms with Crippen molar-refractivity contribution in [1.82, 2.24) is 24.4 Å². The standard InChI is InChI=1S/C21H23N5O2/c1-2-17-15-24(21(28)18-13-19-22-10-6-11-26(19)23-18)12-9-20(27)25(17)14-16-7-4-3-5-8-16/h3-8,10-11,13,17H,2,9,12,14-15H2,1H3/t17-/m1/s1. The van der Waals surface area contributed by atoms with Crippen molar-refractivity contribution >= 4 is 17.5 Å². The SMILES string of the molecule is CC[C@@H]1CN(C(=O)c2cc3ncccn3n2)CCC(=O)N1Cc1ccccc1. The molecule has 1 aliphatic heterocycles. The van der Waals surface area contributed by atoms with E-state index in [9.17, 15) is 9.59 Å². The van der Waals surface area contributed by atoms with E-state index in [0.29, 0.717) is 37.4 Å². The Labute approximate surface area is 163 Å². The molecule has 3 aromatic rings. The van der Waals surface area contributed by atoms with E-state index in [1.165, 1.54) is 0 Å². The highest BCUT2D eigenvalue weighted by Crippen LogP contribution is 2.19. The van der Waals surface area contributed by atoms with E-state index < -0.39 is 0 Å². The zero-order valence-corrected chi connectivity index (χ0v) is 15.9. The summed E-state index contributed by atoms with van der Waals surface area (Å²) in [6.07, 6.45) is 4.54. The third-order valence-corrected chi connectivity index (χ3v) is 5.20. The number of hydrogen-bond acceptors (Lipinski definition) is 4. The third kappa shape index (κ3) is 3.60. The van der Waals surface area contributed by atoms with Crippen LogP contribution in [-0.4, -0.2) is 55.3 Å². The molecule has 0 saturated carbocycles. The fourth-order valence-electron chi connectivity index (χ4n) is 3.65. The monoisotopic (exact) mass is 377 g/mol. The number of benzene rings is 1. The molecule has 1 fully saturated rings. The summed E-state index contributed by atoms with van der Waals surface area (Å²) < 4.78 is 1.59. The highest BCUT2D eigenvalue weighted by Gasteiger charge is 2.31. The second-order valence-electron chi connectivity index (χ2n) is 7.02. The summed E-state index contributed by atoms with van der Waals surface area (Å²) in [5, 5.41) is 4.34. The molecule has 7 nitrogen and oxygen atoms in total. The van der Waals surface area contributed by atoms with Gasteiger partial charge < -0.3 is 9.80 Å². The molecule has 1 aliphatic rings. The minimum absolute atomic E-state index is 0.0192. The van der Waals surface area contributed by atoms with Crippen LogP contribution in [0, 0.1) is 0 Å². The lowest BCUT2D eigenvalue weighted by Crippen LogP contribution is -2.43. The molecule has 1 saturated heterocycles. The first-order valence-corrected chi connectivity index (χ1v) is 9.58. The van der Waals surface area contributed by atoms with Crippen LogP contribution in [0.25, 0.3) is 5.65 Å². The average Bonchev–Trinajstić information content (AvgIpc) is 3.10. The zero-order valence-electron chi connectivity index (χ0n) is 15.9. The second-order valence-corrected chi connectivity index (χ2v) is 7.02. The van der Waals surface area contributed by atoms with Crippen LogP contribution in [0.3, 0.4) is 0 Å². The molecule has 0 aliphatic carbocycles. The van der Waals surface area contributed by atoms with Crippen LogP contribution in [0.2, 0.25) is 0 Å². The lowest BCUT2D eigenvalue weighted by Gasteiger charge is -2.31. The van der Waals surface area contributed by atoms with Crippen molar-refractivity contribution in [3.8, 4) is 0 Å². The molecule has 0 bridgehead atoms. The average molecular weight is 377 g/mol. The topological polar surface area (TPSA) is 70.8 Å². The number of carbonyl (C=O) groups excluding carboxylic acids is 2. The fourth-order valence-corrected chi connectivity index (χ4v) is 3.65. The maximum atomic E-state index is 13.0. The van der Waals surface area contributed by atoms with Crippen LogP contribution in [0.15, 0.2) is 54.9 Å². The molecule has 1 atom stereocenters. The largest absolute Gasteiger partial charge is 0.335 e. The second kappa shape index (κ2) is 7.80. The van der Waals surface area contributed by atoms with Gasteiger partial charge in [0, 0.05) is 50.6 Å². The molecular formula is C21H23N5O2. The van der Waals surface area contributed by atoms with Crippen molar-refractivity contribution < 1.29 is 9.59 Å². The Hall–Kier alpha value is -3.22. The molecule has 3 heterocycles. The van der Waals surface area contributed by atoms with Crippen LogP contribution in [0.1, 0.15) is 35.8 Å². The number of fused-ring (bicyclic) bond motifs is 1. The lowest BCUT2D eigenvalue weighted by molar-refractivity contribution is -0.133. The maximum Gasteiger partial charge on any atom is 0.274 e. The van der Waals surface area contributed by atoms with Gasteiger partial charge in [0.2, 0.25) is 5.91 Å². The van der Waals surface area contributed by atoms with Gasteiger partial charge >= 0.3 is 0 Å². The Kier molecular flexibility index (Phi) is 5.06. The molecule has 2 aromatic heterocycles. The molecular weight excluding hydrogens is 354 g/mol. The Morgan fingerprint density at radius 3 is 2.79 bits per heavy atom. The van der Waals surface area contributed by atoms with Gasteiger partial charge in [-0.25, -0.2) is 9.50 Å². The smallest absolute Gasteiger partial charge is 0.274 e. The third-order valence-electron chi connectivity index (χ3n) is 5.20. The number of amides is 2. The Balaban J connectivity index is 1.55. The lowest BCUT2D eigenvalue weighted by atomic mass is 10.1. The predicted molar refractivity (Wildman–Crippen MR) is 105 cm³/mol. The van der Waals surface area contributed by atoms with Gasteiger partial charge in [-0.05, 0) is 18.1 Å². The molecule has 0 spiro atoms. The van der Waals surface area contributed by atoms with Gasteiger partial charge in [0.25, 0.3) is 5.91 Å². The summed E-state index contributed by atoms with van der Waals surface area (Å²) in [5.74, 6) is -0.0685. The van der Waals surface area contributed by atoms with Crippen LogP contribution >= 0.6 is 0 Å². The number of nitrogens with zero attached hydrogens (tertiary/aromatic N) is 5. The van der Waals surface area contributed by atoms with Gasteiger partial charge in [0.1, 0.15) is 0 Å². The van der Waals surface area contributed by atoms with Crippen LogP contribution < -0.4 is 0 Å². The van der Waals surface area contributed by atoms with E-state index in [2.05, 4.69) is 17.0 Å². The predicted octanol–water partition coefficient (Wildman–Crippen LogP) is 2.38. The molecule has 1 aromatic carbocycles. The summed E-state index contributed by atoms with van der Waals surface area (Å²) in [6.45, 7) is 3.53. The molecule has 144 valence electrons. The summed E-state index contributed by atoms with van der Waals surface area (Å²) in [7, 11) is 0. The quantitative estimate of drug-likeness (QED) is 0.700. The summed E-state index contributed by atoms with van der Waals surface area (Å²) in [6, 6.07) is 13.4. The van der Waals surface area contributed by atoms with Gasteiger partial charge in [0.15, 0.2) is 11.3 Å². The summed E-state index contributed by atoms with van der Waals surface area (Å²) >= 11 is 0. The van der Waals surface area contributed by atoms with Crippen LogP contribution in [0.5, 0.6) is 0 Å². The molecule has 28 heavy (non-hydrogen) atoms. The number of rotatable bonds is 4. The van der Waals surface area contributed by atoms with Crippen molar-refractivity contribution in [2.45, 2.75) is 32.4 Å². The summed E-state index contributed by atoms with van der Waals surface area (Å²) in [5.41, 5.74) is 2.09. The van der Waals surface area contributed by atoms with Gasteiger partial charge in [-0.15, -0.1) is 0 Å². The molecule has 4 rings (SSSR count). The first-order chi connectivity index (χ1) is 13.7. The molecule has 0 unspecified atom stereocenters. The normalized spacial score (nSPS) is 17.8. The van der Waals surface area contributed by atoms with Gasteiger partial charge in [-0.3, -0.25) is 9.59 Å². The Morgan fingerprint density at radius 2 is 2.04 bits per heavy atom. The van der Waals surface area contributed by atoms with Crippen molar-refractivity contribution in [3.05, 3.63) is 66.1 Å². The highest BCUT2D eigenvalue weighted by atomic mass is 16.2. The van der Waals surface area contributed by atoms with Crippen molar-refractivity contribution in [2.24, 2.45) is 0 Å². The van der Waals surface area contributed by atoms with E-state index in [-0.39, 0.29) is 17.9 Å². The minimum Gasteiger partial charge on any atom is -0.335 e. The van der Waals surface area contributed by atoms with Gasteiger partial charge in [-0.2, -0.15) is 5.10 Å². The fraction of sp³-hybridized carbons (Fsp3) is 0.333. The minimum atomic E-state index is -0.154. The molecule has 0 radical (unpaired) electrons. The zero-order chi connectivity index (χ0) is 19.5. The number of hydrogen-bond donors (Lipinski definition) is 0. The number of carbonyl (C=O) groups is 2. The van der Waals surface area contributed by atoms with E-state index in [1.54, 1.807) is 33.9 Å². The first-order valence-electron chi connectivity index (χ1n) is 9.58. The number of aromatic nitrogens is 3. The van der Waals surface area contributed by atoms with Crippen LogP contribution in [0.4, 0.5) is 0 Å². The molecule has 2 amide bonds. The van der Waals surface area contributed by atoms with E-state index in [4.69, 9.17) is 0 Å². The maximum absolute atomic E-state index is 13.0. The van der Waals surface area contributed by atoms with E-state index in [0.717, 1.165) is 12.0 Å². The van der Waals surface area contributed by atoms with Crippen LogP contribution in [-0.2, 0) is 11.3 Å². The van der Waals surface area contributed by atoms with E-state index >= 15 is 0 Å². The van der Waals surface area contributed by atoms with Gasteiger partial charge in [-0.1, -0.05) is 37.3 Å². The van der Waals surface area contributed by atoms with Gasteiger partial charge in [0.05, 0.1) is 0 Å². The Morgan fingerprint density at radius 1 is 1.21 bits per heavy atom. The van der Waals surface area contributed by atoms with E-state index in [1.807, 2.05) is 35.2 Å². The Bertz CT molecular complexity index is 952. The first kappa shape index (κ1) is 18.2. The van der Waals surface area contributed by atoms with Crippen molar-refractivity contribution in [3.63, 3.8) is 0 Å². The summed E-state index contributed by atoms with van der Waals surface area (Å²) in [4.78, 5) is 33.7. The van der Waals surface area contributed by atoms with Crippen molar-refractivity contribution in [2.75, 3.05) is 13.1 Å². The van der Waals surface area contributed by atoms with Crippen molar-refractivity contribution in [1.29, 1.82) is 0 Å². The molecule has 0 N–H and O–H groups in total. The molecule has 7 heteroatoms.